The monoisotopic (exact) mass is 329 g/mol. The molecule has 0 aliphatic carbocycles. The number of guanidine groups is 1. The van der Waals surface area contributed by atoms with Gasteiger partial charge in [0.05, 0.1) is 19.9 Å². The lowest BCUT2D eigenvalue weighted by Gasteiger charge is -2.20. The summed E-state index contributed by atoms with van der Waals surface area (Å²) in [6.07, 6.45) is 0. The van der Waals surface area contributed by atoms with E-state index < -0.39 is 0 Å². The third kappa shape index (κ3) is 3.01. The van der Waals surface area contributed by atoms with Crippen LogP contribution in [0.5, 0.6) is 11.5 Å². The van der Waals surface area contributed by atoms with Crippen LogP contribution in [0.3, 0.4) is 0 Å². The van der Waals surface area contributed by atoms with Crippen molar-refractivity contribution in [2.45, 2.75) is 0 Å². The number of halogens is 1. The van der Waals surface area contributed by atoms with Crippen molar-refractivity contribution in [1.82, 2.24) is 0 Å². The van der Waals surface area contributed by atoms with Gasteiger partial charge in [-0.2, -0.15) is 0 Å². The van der Waals surface area contributed by atoms with E-state index in [1.165, 1.54) is 24.1 Å². The fourth-order valence-electron chi connectivity index (χ4n) is 2.39. The predicted molar refractivity (Wildman–Crippen MR) is 89.4 cm³/mol. The minimum Gasteiger partial charge on any atom is -0.493 e. The third-order valence-corrected chi connectivity index (χ3v) is 3.55. The van der Waals surface area contributed by atoms with E-state index in [4.69, 9.17) is 9.47 Å². The second kappa shape index (κ2) is 6.57. The number of nitrogens with zero attached hydrogens (tertiary/aromatic N) is 2. The number of rotatable bonds is 4. The number of aliphatic imine (C=N–C) groups is 1. The number of nitrogens with one attached hydrogen (secondary N) is 1. The molecule has 0 saturated carbocycles. The molecular formula is C17H16FN3O3. The number of benzene rings is 2. The largest absolute Gasteiger partial charge is 0.493 e. The van der Waals surface area contributed by atoms with E-state index in [1.807, 2.05) is 0 Å². The maximum Gasteiger partial charge on any atom is 0.255 e. The zero-order chi connectivity index (χ0) is 17.1. The van der Waals surface area contributed by atoms with Crippen LogP contribution >= 0.6 is 0 Å². The van der Waals surface area contributed by atoms with Crippen molar-refractivity contribution in [3.8, 4) is 11.5 Å². The second-order valence-corrected chi connectivity index (χ2v) is 5.04. The van der Waals surface area contributed by atoms with E-state index in [0.717, 1.165) is 0 Å². The fraction of sp³-hybridized carbons (Fsp3) is 0.176. The molecule has 1 N–H and O–H groups in total. The Hall–Kier alpha value is -3.09. The number of ether oxygens (including phenoxy) is 2. The molecule has 24 heavy (non-hydrogen) atoms. The Kier molecular flexibility index (Phi) is 4.33. The maximum atomic E-state index is 13.0. The molecule has 0 spiro atoms. The standard InChI is InChI=1S/C17H16FN3O3/c1-23-14-8-7-13(9-15(14)24-2)21-16(22)10-19-17(21)20-12-5-3-11(18)4-6-12/h3-9H,10H2,1-2H3,(H,19,20). The molecule has 0 fully saturated rings. The van der Waals surface area contributed by atoms with Gasteiger partial charge in [0.15, 0.2) is 11.5 Å². The lowest BCUT2D eigenvalue weighted by atomic mass is 10.2. The predicted octanol–water partition coefficient (Wildman–Crippen LogP) is 2.66. The highest BCUT2D eigenvalue weighted by atomic mass is 19.1. The van der Waals surface area contributed by atoms with Gasteiger partial charge in [-0.05, 0) is 36.4 Å². The molecule has 0 bridgehead atoms. The van der Waals surface area contributed by atoms with Gasteiger partial charge in [0, 0.05) is 11.8 Å². The van der Waals surface area contributed by atoms with E-state index in [0.29, 0.717) is 28.8 Å². The molecule has 0 radical (unpaired) electrons. The van der Waals surface area contributed by atoms with Gasteiger partial charge in [0.2, 0.25) is 5.96 Å². The molecule has 7 heteroatoms. The summed E-state index contributed by atoms with van der Waals surface area (Å²) in [5, 5.41) is 3.03. The Morgan fingerprint density at radius 2 is 1.79 bits per heavy atom. The summed E-state index contributed by atoms with van der Waals surface area (Å²) >= 11 is 0. The summed E-state index contributed by atoms with van der Waals surface area (Å²) in [6, 6.07) is 11.0. The van der Waals surface area contributed by atoms with Crippen LogP contribution in [-0.2, 0) is 4.79 Å². The topological polar surface area (TPSA) is 63.2 Å². The molecule has 2 aromatic carbocycles. The van der Waals surface area contributed by atoms with Gasteiger partial charge in [-0.15, -0.1) is 0 Å². The van der Waals surface area contributed by atoms with E-state index in [9.17, 15) is 9.18 Å². The molecule has 1 amide bonds. The van der Waals surface area contributed by atoms with Crippen molar-refractivity contribution in [2.24, 2.45) is 4.99 Å². The molecule has 124 valence electrons. The first kappa shape index (κ1) is 15.8. The average Bonchev–Trinajstić information content (AvgIpc) is 2.96. The van der Waals surface area contributed by atoms with Crippen LogP contribution in [0.4, 0.5) is 15.8 Å². The van der Waals surface area contributed by atoms with E-state index in [2.05, 4.69) is 10.3 Å². The molecule has 1 aliphatic rings. The van der Waals surface area contributed by atoms with E-state index >= 15 is 0 Å². The van der Waals surface area contributed by atoms with Gasteiger partial charge in [-0.25, -0.2) is 14.3 Å². The summed E-state index contributed by atoms with van der Waals surface area (Å²) in [5.74, 6) is 0.945. The number of hydrogen-bond acceptors (Lipinski definition) is 5. The highest BCUT2D eigenvalue weighted by Gasteiger charge is 2.28. The van der Waals surface area contributed by atoms with Crippen molar-refractivity contribution in [1.29, 1.82) is 0 Å². The molecule has 0 atom stereocenters. The zero-order valence-electron chi connectivity index (χ0n) is 13.2. The maximum absolute atomic E-state index is 13.0. The highest BCUT2D eigenvalue weighted by Crippen LogP contribution is 2.32. The van der Waals surface area contributed by atoms with E-state index in [1.54, 1.807) is 37.4 Å². The Bertz CT molecular complexity index is 790. The summed E-state index contributed by atoms with van der Waals surface area (Å²) < 4.78 is 23.5. The Morgan fingerprint density at radius 3 is 2.46 bits per heavy atom. The van der Waals surface area contributed by atoms with Gasteiger partial charge < -0.3 is 14.8 Å². The smallest absolute Gasteiger partial charge is 0.255 e. The first-order valence-electron chi connectivity index (χ1n) is 7.24. The van der Waals surface area contributed by atoms with E-state index in [-0.39, 0.29) is 18.3 Å². The van der Waals surface area contributed by atoms with Crippen LogP contribution < -0.4 is 19.7 Å². The Labute approximate surface area is 138 Å². The highest BCUT2D eigenvalue weighted by molar-refractivity contribution is 6.24. The van der Waals surface area contributed by atoms with Gasteiger partial charge in [-0.1, -0.05) is 0 Å². The normalized spacial score (nSPS) is 13.7. The number of methoxy groups -OCH3 is 2. The Morgan fingerprint density at radius 1 is 1.08 bits per heavy atom. The lowest BCUT2D eigenvalue weighted by Crippen LogP contribution is -2.36. The summed E-state index contributed by atoms with van der Waals surface area (Å²) in [5.41, 5.74) is 1.24. The lowest BCUT2D eigenvalue weighted by molar-refractivity contribution is -0.115. The van der Waals surface area contributed by atoms with Gasteiger partial charge in [0.1, 0.15) is 12.4 Å². The van der Waals surface area contributed by atoms with Crippen molar-refractivity contribution >= 4 is 23.2 Å². The summed E-state index contributed by atoms with van der Waals surface area (Å²) in [4.78, 5) is 17.9. The molecule has 2 aromatic rings. The number of carbonyl (C=O) groups is 1. The average molecular weight is 329 g/mol. The van der Waals surface area contributed by atoms with Gasteiger partial charge >= 0.3 is 0 Å². The van der Waals surface area contributed by atoms with Crippen molar-refractivity contribution in [3.63, 3.8) is 0 Å². The fourth-order valence-corrected chi connectivity index (χ4v) is 2.39. The summed E-state index contributed by atoms with van der Waals surface area (Å²) in [7, 11) is 3.07. The minimum absolute atomic E-state index is 0.0396. The molecule has 0 aromatic heterocycles. The SMILES string of the molecule is COc1ccc(N2C(=O)CN=C2Nc2ccc(F)cc2)cc1OC. The second-order valence-electron chi connectivity index (χ2n) is 5.04. The van der Waals surface area contributed by atoms with Crippen molar-refractivity contribution < 1.29 is 18.7 Å². The van der Waals surface area contributed by atoms with Gasteiger partial charge in [-0.3, -0.25) is 4.79 Å². The number of hydrogen-bond donors (Lipinski definition) is 1. The van der Waals surface area contributed by atoms with Crippen LogP contribution in [-0.4, -0.2) is 32.6 Å². The van der Waals surface area contributed by atoms with Crippen LogP contribution in [0.2, 0.25) is 0 Å². The Balaban J connectivity index is 1.89. The van der Waals surface area contributed by atoms with Crippen LogP contribution in [0.25, 0.3) is 0 Å². The molecule has 3 rings (SSSR count). The minimum atomic E-state index is -0.332. The van der Waals surface area contributed by atoms with Crippen LogP contribution in [0.1, 0.15) is 0 Å². The first-order valence-corrected chi connectivity index (χ1v) is 7.24. The number of amides is 1. The van der Waals surface area contributed by atoms with Crippen molar-refractivity contribution in [2.75, 3.05) is 31.0 Å². The summed E-state index contributed by atoms with van der Waals surface area (Å²) in [6.45, 7) is 0.0396. The third-order valence-electron chi connectivity index (χ3n) is 3.55. The number of anilines is 2. The quantitative estimate of drug-likeness (QED) is 0.937. The van der Waals surface area contributed by atoms with Crippen LogP contribution in [0.15, 0.2) is 47.5 Å². The van der Waals surface area contributed by atoms with Crippen LogP contribution in [0, 0.1) is 5.82 Å². The van der Waals surface area contributed by atoms with Gasteiger partial charge in [0.25, 0.3) is 5.91 Å². The molecule has 6 nitrogen and oxygen atoms in total. The molecule has 0 unspecified atom stereocenters. The first-order chi connectivity index (χ1) is 11.6. The molecule has 1 heterocycles. The molecule has 0 saturated heterocycles. The molecule has 1 aliphatic heterocycles. The number of carbonyl (C=O) groups excluding carboxylic acids is 1. The molecular weight excluding hydrogens is 313 g/mol. The van der Waals surface area contributed by atoms with Crippen molar-refractivity contribution in [3.05, 3.63) is 48.3 Å². The zero-order valence-corrected chi connectivity index (χ0v) is 13.2.